The van der Waals surface area contributed by atoms with Crippen LogP contribution in [0.3, 0.4) is 0 Å². The molecule has 3 aromatic carbocycles. The second-order valence-electron chi connectivity index (χ2n) is 10.2. The summed E-state index contributed by atoms with van der Waals surface area (Å²) in [6.45, 7) is 0. The Kier molecular flexibility index (Phi) is 5.32. The van der Waals surface area contributed by atoms with Gasteiger partial charge in [0, 0.05) is 65.1 Å². The van der Waals surface area contributed by atoms with Crippen molar-refractivity contribution in [2.24, 2.45) is 4.99 Å². The summed E-state index contributed by atoms with van der Waals surface area (Å²) in [5.74, 6) is 0. The van der Waals surface area contributed by atoms with Gasteiger partial charge in [-0.1, -0.05) is 30.3 Å². The number of benzene rings is 3. The third kappa shape index (κ3) is 3.76. The van der Waals surface area contributed by atoms with Crippen molar-refractivity contribution >= 4 is 44.2 Å². The lowest BCUT2D eigenvalue weighted by Crippen LogP contribution is -2.27. The fourth-order valence-corrected chi connectivity index (χ4v) is 5.98. The van der Waals surface area contributed by atoms with Crippen molar-refractivity contribution in [1.82, 2.24) is 19.4 Å². The van der Waals surface area contributed by atoms with Crippen molar-refractivity contribution in [2.75, 3.05) is 7.05 Å². The molecule has 196 valence electrons. The number of hydrogen-bond donors (Lipinski definition) is 0. The summed E-state index contributed by atoms with van der Waals surface area (Å²) in [5, 5.41) is 3.40. The molecular formula is C35H25N5O. The van der Waals surface area contributed by atoms with E-state index in [1.165, 1.54) is 5.39 Å². The Morgan fingerprint density at radius 3 is 2.39 bits per heavy atom. The van der Waals surface area contributed by atoms with E-state index in [1.807, 2.05) is 55.1 Å². The number of pyridine rings is 2. The predicted molar refractivity (Wildman–Crippen MR) is 164 cm³/mol. The van der Waals surface area contributed by atoms with Gasteiger partial charge < -0.3 is 13.9 Å². The number of para-hydroxylation sites is 1. The molecule has 6 nitrogen and oxygen atoms in total. The molecule has 0 bridgehead atoms. The molecule has 0 N–H and O–H groups in total. The topological polar surface area (TPSA) is 59.5 Å². The molecule has 0 aliphatic carbocycles. The maximum absolute atomic E-state index is 5.97. The zero-order chi connectivity index (χ0) is 27.3. The van der Waals surface area contributed by atoms with Crippen molar-refractivity contribution in [1.29, 1.82) is 0 Å². The second-order valence-corrected chi connectivity index (χ2v) is 10.2. The Labute approximate surface area is 236 Å². The lowest BCUT2D eigenvalue weighted by molar-refractivity contribution is 0.364. The molecule has 8 rings (SSSR count). The summed E-state index contributed by atoms with van der Waals surface area (Å²) >= 11 is 0. The fourth-order valence-electron chi connectivity index (χ4n) is 5.98. The summed E-state index contributed by atoms with van der Waals surface area (Å²) < 4.78 is 8.29. The SMILES string of the molecule is CN1C(c2ccncc2)=CC(c2cccc(-n3c4ccccc4c4c5occc5ccc43)c2)=NC1c1ccncc1. The maximum Gasteiger partial charge on any atom is 0.147 e. The first-order chi connectivity index (χ1) is 20.3. The van der Waals surface area contributed by atoms with Crippen molar-refractivity contribution < 1.29 is 4.42 Å². The Morgan fingerprint density at radius 1 is 0.732 bits per heavy atom. The van der Waals surface area contributed by atoms with Crippen molar-refractivity contribution in [2.45, 2.75) is 6.17 Å². The van der Waals surface area contributed by atoms with Gasteiger partial charge in [-0.3, -0.25) is 15.0 Å². The van der Waals surface area contributed by atoms with Crippen LogP contribution in [0, 0.1) is 0 Å². The highest BCUT2D eigenvalue weighted by Crippen LogP contribution is 2.38. The maximum atomic E-state index is 5.97. The molecule has 1 atom stereocenters. The van der Waals surface area contributed by atoms with Crippen LogP contribution in [-0.2, 0) is 0 Å². The number of rotatable bonds is 4. The van der Waals surface area contributed by atoms with Crippen LogP contribution in [0.1, 0.15) is 22.9 Å². The molecule has 4 aromatic heterocycles. The van der Waals surface area contributed by atoms with Gasteiger partial charge in [-0.05, 0) is 72.3 Å². The number of allylic oxidation sites excluding steroid dienone is 1. The minimum Gasteiger partial charge on any atom is -0.464 e. The number of aliphatic imine (C=N–C) groups is 1. The van der Waals surface area contributed by atoms with Gasteiger partial charge in [0.2, 0.25) is 0 Å². The molecular weight excluding hydrogens is 506 g/mol. The van der Waals surface area contributed by atoms with Gasteiger partial charge in [0.05, 0.1) is 28.4 Å². The van der Waals surface area contributed by atoms with Gasteiger partial charge in [-0.2, -0.15) is 0 Å². The van der Waals surface area contributed by atoms with Gasteiger partial charge in [0.15, 0.2) is 0 Å². The normalized spacial score (nSPS) is 15.4. The van der Waals surface area contributed by atoms with E-state index in [9.17, 15) is 0 Å². The van der Waals surface area contributed by atoms with Crippen molar-refractivity contribution in [3.8, 4) is 5.69 Å². The summed E-state index contributed by atoms with van der Waals surface area (Å²) in [4.78, 5) is 15.9. The van der Waals surface area contributed by atoms with E-state index in [0.717, 1.165) is 61.2 Å². The molecule has 1 aliphatic heterocycles. The van der Waals surface area contributed by atoms with Crippen LogP contribution < -0.4 is 0 Å². The van der Waals surface area contributed by atoms with E-state index >= 15 is 0 Å². The first-order valence-electron chi connectivity index (χ1n) is 13.6. The van der Waals surface area contributed by atoms with E-state index in [2.05, 4.69) is 93.2 Å². The first-order valence-corrected chi connectivity index (χ1v) is 13.6. The molecule has 0 radical (unpaired) electrons. The second kappa shape index (κ2) is 9.31. The predicted octanol–water partition coefficient (Wildman–Crippen LogP) is 7.79. The standard InChI is InChI=1S/C35H25N5O/c1-39-32(23-11-16-36-17-12-23)22-29(38-35(39)25-13-18-37-19-14-25)26-5-4-6-27(21-26)40-30-8-3-2-7-28(30)33-31(40)10-9-24-15-20-41-34(24)33/h2-22,35H,1H3. The molecule has 5 heterocycles. The van der Waals surface area contributed by atoms with E-state index in [0.29, 0.717) is 0 Å². The van der Waals surface area contributed by atoms with Crippen LogP contribution in [0.15, 0.2) is 138 Å². The molecule has 0 spiro atoms. The molecule has 0 fully saturated rings. The number of fused-ring (bicyclic) bond motifs is 5. The third-order valence-electron chi connectivity index (χ3n) is 7.92. The molecule has 0 saturated heterocycles. The smallest absolute Gasteiger partial charge is 0.147 e. The number of nitrogens with zero attached hydrogens (tertiary/aromatic N) is 5. The fraction of sp³-hybridized carbons (Fsp3) is 0.0571. The Hall–Kier alpha value is -5.49. The summed E-state index contributed by atoms with van der Waals surface area (Å²) in [6, 6.07) is 31.6. The van der Waals surface area contributed by atoms with E-state index in [1.54, 1.807) is 6.26 Å². The quantitative estimate of drug-likeness (QED) is 0.233. The Balaban J connectivity index is 1.33. The van der Waals surface area contributed by atoms with Gasteiger partial charge in [0.25, 0.3) is 0 Å². The lowest BCUT2D eigenvalue weighted by atomic mass is 10.0. The van der Waals surface area contributed by atoms with Crippen LogP contribution in [-0.4, -0.2) is 32.2 Å². The Morgan fingerprint density at radius 2 is 1.54 bits per heavy atom. The molecule has 0 amide bonds. The van der Waals surface area contributed by atoms with Gasteiger partial charge >= 0.3 is 0 Å². The monoisotopic (exact) mass is 531 g/mol. The van der Waals surface area contributed by atoms with Crippen LogP contribution in [0.5, 0.6) is 0 Å². The average molecular weight is 532 g/mol. The van der Waals surface area contributed by atoms with E-state index in [-0.39, 0.29) is 6.17 Å². The third-order valence-corrected chi connectivity index (χ3v) is 7.92. The molecule has 41 heavy (non-hydrogen) atoms. The van der Waals surface area contributed by atoms with E-state index < -0.39 is 0 Å². The van der Waals surface area contributed by atoms with Crippen molar-refractivity contribution in [3.05, 3.63) is 145 Å². The average Bonchev–Trinajstić information content (AvgIpc) is 3.65. The molecule has 1 aliphatic rings. The largest absolute Gasteiger partial charge is 0.464 e. The van der Waals surface area contributed by atoms with Crippen LogP contribution in [0.25, 0.3) is 44.2 Å². The molecule has 7 aromatic rings. The summed E-state index contributed by atoms with van der Waals surface area (Å²) in [7, 11) is 2.08. The summed E-state index contributed by atoms with van der Waals surface area (Å²) in [6.07, 6.45) is 11.0. The highest BCUT2D eigenvalue weighted by atomic mass is 16.3. The molecule has 0 saturated carbocycles. The van der Waals surface area contributed by atoms with Crippen LogP contribution in [0.4, 0.5) is 0 Å². The van der Waals surface area contributed by atoms with Crippen LogP contribution >= 0.6 is 0 Å². The van der Waals surface area contributed by atoms with Crippen molar-refractivity contribution in [3.63, 3.8) is 0 Å². The Bertz CT molecular complexity index is 2120. The number of furan rings is 1. The number of hydrogen-bond acceptors (Lipinski definition) is 5. The number of aromatic nitrogens is 3. The van der Waals surface area contributed by atoms with Gasteiger partial charge in [-0.25, -0.2) is 0 Å². The minimum absolute atomic E-state index is 0.190. The van der Waals surface area contributed by atoms with Gasteiger partial charge in [-0.15, -0.1) is 0 Å². The summed E-state index contributed by atoms with van der Waals surface area (Å²) in [5.41, 5.74) is 9.46. The van der Waals surface area contributed by atoms with Crippen LogP contribution in [0.2, 0.25) is 0 Å². The zero-order valence-corrected chi connectivity index (χ0v) is 22.3. The highest BCUT2D eigenvalue weighted by molar-refractivity contribution is 6.19. The first kappa shape index (κ1) is 23.4. The minimum atomic E-state index is -0.190. The molecule has 1 unspecified atom stereocenters. The van der Waals surface area contributed by atoms with Gasteiger partial charge in [0.1, 0.15) is 11.7 Å². The van der Waals surface area contributed by atoms with E-state index in [4.69, 9.17) is 9.41 Å². The zero-order valence-electron chi connectivity index (χ0n) is 22.3. The highest BCUT2D eigenvalue weighted by Gasteiger charge is 2.25. The lowest BCUT2D eigenvalue weighted by Gasteiger charge is -2.33. The molecule has 6 heteroatoms.